The lowest BCUT2D eigenvalue weighted by molar-refractivity contribution is -0.138. The van der Waals surface area contributed by atoms with E-state index < -0.39 is 5.97 Å². The number of rotatable bonds is 1. The molecule has 0 aliphatic heterocycles. The molecule has 6 heavy (non-hydrogen) atoms. The quantitative estimate of drug-likeness (QED) is 0.506. The summed E-state index contributed by atoms with van der Waals surface area (Å²) < 4.78 is 0. The van der Waals surface area contributed by atoms with Gasteiger partial charge in [0.15, 0.2) is 0 Å². The Balaban J connectivity index is 2.31. The van der Waals surface area contributed by atoms with Gasteiger partial charge >= 0.3 is 5.97 Å². The van der Waals surface area contributed by atoms with Crippen molar-refractivity contribution in [3.63, 3.8) is 0 Å². The average molecular weight is 88.1 g/mol. The standard InChI is InChI=1S/C4H6O2/c5-4(6)3-1-2-3/h3H,1-2H2,(H,5,6)/i4+2. The van der Waals surface area contributed by atoms with Crippen LogP contribution in [0.4, 0.5) is 0 Å². The zero-order chi connectivity index (χ0) is 4.57. The fraction of sp³-hybridized carbons (Fsp3) is 0.750. The summed E-state index contributed by atoms with van der Waals surface area (Å²) in [5, 5.41) is 8.05. The third kappa shape index (κ3) is 0.506. The van der Waals surface area contributed by atoms with Crippen LogP contribution in [-0.4, -0.2) is 11.1 Å². The first-order chi connectivity index (χ1) is 2.80. The average Bonchev–Trinajstić information content (AvgIpc) is 2.06. The molecule has 0 spiro atoms. The molecule has 1 saturated carbocycles. The summed E-state index contributed by atoms with van der Waals surface area (Å²) in [7, 11) is 0. The Labute approximate surface area is 35.8 Å². The van der Waals surface area contributed by atoms with Crippen LogP contribution in [-0.2, 0) is 4.79 Å². The van der Waals surface area contributed by atoms with Crippen LogP contribution in [0.5, 0.6) is 0 Å². The second-order valence-corrected chi connectivity index (χ2v) is 1.61. The van der Waals surface area contributed by atoms with Crippen LogP contribution in [0.1, 0.15) is 12.8 Å². The van der Waals surface area contributed by atoms with Gasteiger partial charge < -0.3 is 5.11 Å². The van der Waals surface area contributed by atoms with E-state index in [-0.39, 0.29) is 5.92 Å². The van der Waals surface area contributed by atoms with Gasteiger partial charge in [-0.15, -0.1) is 0 Å². The first-order valence-electron chi connectivity index (χ1n) is 2.03. The molecule has 2 nitrogen and oxygen atoms in total. The molecule has 0 heterocycles. The van der Waals surface area contributed by atoms with Crippen molar-refractivity contribution in [3.05, 3.63) is 0 Å². The Bertz CT molecular complexity index is 73.6. The van der Waals surface area contributed by atoms with Crippen LogP contribution >= 0.6 is 0 Å². The molecule has 0 unspecified atom stereocenters. The minimum Gasteiger partial charge on any atom is -0.481 e. The number of carboxylic acid groups (broad SMARTS) is 1. The van der Waals surface area contributed by atoms with Gasteiger partial charge in [-0.25, -0.2) is 0 Å². The molecule has 2 heteroatoms. The molecule has 1 aliphatic rings. The highest BCUT2D eigenvalue weighted by molar-refractivity contribution is 5.72. The second-order valence-electron chi connectivity index (χ2n) is 1.61. The molecular weight excluding hydrogens is 82.0 g/mol. The Morgan fingerprint density at radius 1 is 1.67 bits per heavy atom. The van der Waals surface area contributed by atoms with Crippen LogP contribution in [0.15, 0.2) is 0 Å². The Morgan fingerprint density at radius 3 is 2.17 bits per heavy atom. The van der Waals surface area contributed by atoms with Crippen molar-refractivity contribution in [3.8, 4) is 0 Å². The third-order valence-corrected chi connectivity index (χ3v) is 0.927. The maximum atomic E-state index is 9.76. The van der Waals surface area contributed by atoms with Crippen molar-refractivity contribution in [2.24, 2.45) is 5.92 Å². The SMILES string of the molecule is O=[14C](O)C1CC1. The summed E-state index contributed by atoms with van der Waals surface area (Å²) >= 11 is 0. The highest BCUT2D eigenvalue weighted by Gasteiger charge is 2.28. The maximum absolute atomic E-state index is 9.76. The smallest absolute Gasteiger partial charge is 0.306 e. The van der Waals surface area contributed by atoms with Crippen molar-refractivity contribution in [1.29, 1.82) is 0 Å². The number of aliphatic carboxylic acids is 1. The molecule has 0 aromatic heterocycles. The van der Waals surface area contributed by atoms with Gasteiger partial charge in [0.25, 0.3) is 0 Å². The zero-order valence-corrected chi connectivity index (χ0v) is 3.35. The molecule has 34 valence electrons. The van der Waals surface area contributed by atoms with Crippen LogP contribution < -0.4 is 0 Å². The molecule has 1 fully saturated rings. The van der Waals surface area contributed by atoms with E-state index in [9.17, 15) is 4.79 Å². The summed E-state index contributed by atoms with van der Waals surface area (Å²) in [6.45, 7) is 0. The van der Waals surface area contributed by atoms with E-state index in [2.05, 4.69) is 0 Å². The molecule has 0 saturated heterocycles. The van der Waals surface area contributed by atoms with Gasteiger partial charge in [-0.3, -0.25) is 4.79 Å². The first-order valence-corrected chi connectivity index (χ1v) is 2.03. The van der Waals surface area contributed by atoms with Gasteiger partial charge in [0.2, 0.25) is 0 Å². The third-order valence-electron chi connectivity index (χ3n) is 0.927. The predicted molar refractivity (Wildman–Crippen MR) is 20.4 cm³/mol. The monoisotopic (exact) mass is 88.0 g/mol. The van der Waals surface area contributed by atoms with Crippen LogP contribution in [0.2, 0.25) is 0 Å². The van der Waals surface area contributed by atoms with Gasteiger partial charge in [0.05, 0.1) is 5.92 Å². The van der Waals surface area contributed by atoms with Gasteiger partial charge in [0.1, 0.15) is 0 Å². The normalized spacial score (nSPS) is 20.7. The van der Waals surface area contributed by atoms with E-state index >= 15 is 0 Å². The molecule has 0 bridgehead atoms. The molecule has 0 atom stereocenters. The molecule has 0 aromatic rings. The fourth-order valence-corrected chi connectivity index (χ4v) is 0.330. The van der Waals surface area contributed by atoms with Crippen molar-refractivity contribution in [2.45, 2.75) is 12.8 Å². The van der Waals surface area contributed by atoms with Crippen molar-refractivity contribution in [1.82, 2.24) is 0 Å². The lowest BCUT2D eigenvalue weighted by Gasteiger charge is -1.75. The van der Waals surface area contributed by atoms with Crippen LogP contribution in [0.25, 0.3) is 0 Å². The van der Waals surface area contributed by atoms with Crippen molar-refractivity contribution in [2.75, 3.05) is 0 Å². The van der Waals surface area contributed by atoms with E-state index in [0.717, 1.165) is 12.8 Å². The Hall–Kier alpha value is -0.530. The molecule has 0 radical (unpaired) electrons. The number of carbonyl (C=O) groups is 1. The largest absolute Gasteiger partial charge is 0.481 e. The zero-order valence-electron chi connectivity index (χ0n) is 3.35. The lowest BCUT2D eigenvalue weighted by atomic mass is 10.8. The van der Waals surface area contributed by atoms with Crippen molar-refractivity contribution >= 4 is 5.97 Å². The number of hydrogen-bond donors (Lipinski definition) is 1. The molecule has 1 rings (SSSR count). The second kappa shape index (κ2) is 0.965. The minimum absolute atomic E-state index is 0.0185. The van der Waals surface area contributed by atoms with E-state index in [1.807, 2.05) is 0 Å². The van der Waals surface area contributed by atoms with Crippen molar-refractivity contribution < 1.29 is 9.90 Å². The van der Waals surface area contributed by atoms with Gasteiger partial charge in [-0.05, 0) is 12.8 Å². The van der Waals surface area contributed by atoms with E-state index in [1.165, 1.54) is 0 Å². The molecule has 1 aliphatic carbocycles. The van der Waals surface area contributed by atoms with Crippen LogP contribution in [0.3, 0.4) is 0 Å². The summed E-state index contributed by atoms with van der Waals surface area (Å²) in [5.41, 5.74) is 0. The lowest BCUT2D eigenvalue weighted by Crippen LogP contribution is -1.94. The van der Waals surface area contributed by atoms with E-state index in [4.69, 9.17) is 5.11 Å². The summed E-state index contributed by atoms with van der Waals surface area (Å²) in [5.74, 6) is -0.611. The van der Waals surface area contributed by atoms with Gasteiger partial charge in [-0.2, -0.15) is 0 Å². The molecule has 0 aromatic carbocycles. The van der Waals surface area contributed by atoms with E-state index in [1.54, 1.807) is 0 Å². The maximum Gasteiger partial charge on any atom is 0.306 e. The Morgan fingerprint density at radius 2 is 2.17 bits per heavy atom. The summed E-state index contributed by atoms with van der Waals surface area (Å²) in [6.07, 6.45) is 1.80. The molecule has 1 N–H and O–H groups in total. The Kier molecular flexibility index (Phi) is 0.587. The molecular formula is C4H6O2. The topological polar surface area (TPSA) is 37.3 Å². The number of hydrogen-bond acceptors (Lipinski definition) is 1. The van der Waals surface area contributed by atoms with Gasteiger partial charge in [0, 0.05) is 0 Å². The fourth-order valence-electron chi connectivity index (χ4n) is 0.330. The van der Waals surface area contributed by atoms with Crippen LogP contribution in [0, 0.1) is 5.92 Å². The highest BCUT2D eigenvalue weighted by atomic mass is 16.6. The predicted octanol–water partition coefficient (Wildman–Crippen LogP) is 0.481. The van der Waals surface area contributed by atoms with Gasteiger partial charge in [-0.1, -0.05) is 0 Å². The summed E-state index contributed by atoms with van der Waals surface area (Å²) in [6, 6.07) is 0. The first kappa shape index (κ1) is 3.65. The summed E-state index contributed by atoms with van der Waals surface area (Å²) in [4.78, 5) is 9.76. The van der Waals surface area contributed by atoms with E-state index in [0.29, 0.717) is 0 Å². The minimum atomic E-state index is -0.630. The number of carboxylic acids is 1. The highest BCUT2D eigenvalue weighted by Crippen LogP contribution is 2.28. The molecule has 0 amide bonds.